The van der Waals surface area contributed by atoms with Gasteiger partial charge in [0.1, 0.15) is 5.60 Å². The second-order valence-electron chi connectivity index (χ2n) is 7.65. The number of nitriles is 1. The molecule has 24 heavy (non-hydrogen) atoms. The normalized spacial score (nSPS) is 26.4. The van der Waals surface area contributed by atoms with Gasteiger partial charge < -0.3 is 19.7 Å². The number of carbonyl (C=O) groups excluding carboxylic acids is 2. The summed E-state index contributed by atoms with van der Waals surface area (Å²) in [7, 11) is 0. The molecule has 2 aliphatic heterocycles. The highest BCUT2D eigenvalue weighted by molar-refractivity contribution is 5.88. The van der Waals surface area contributed by atoms with Crippen LogP contribution in [0.5, 0.6) is 0 Å². The molecule has 7 nitrogen and oxygen atoms in total. The average molecular weight is 341 g/mol. The quantitative estimate of drug-likeness (QED) is 0.837. The first-order valence-electron chi connectivity index (χ1n) is 7.95. The van der Waals surface area contributed by atoms with E-state index in [1.54, 1.807) is 27.7 Å². The third-order valence-corrected chi connectivity index (χ3v) is 4.29. The van der Waals surface area contributed by atoms with Crippen LogP contribution in [0.2, 0.25) is 0 Å². The first-order valence-corrected chi connectivity index (χ1v) is 7.95. The average Bonchev–Trinajstić information content (AvgIpc) is 2.72. The maximum absolute atomic E-state index is 15.6. The molecule has 8 heteroatoms. The number of ether oxygens (including phenoxy) is 2. The number of nitrogens with one attached hydrogen (secondary N) is 1. The molecule has 2 rings (SSSR count). The number of nitrogens with zero attached hydrogens (tertiary/aromatic N) is 2. The lowest BCUT2D eigenvalue weighted by atomic mass is 9.73. The zero-order valence-corrected chi connectivity index (χ0v) is 14.5. The molecule has 0 aromatic rings. The zero-order chi connectivity index (χ0) is 18.2. The molecule has 2 atom stereocenters. The summed E-state index contributed by atoms with van der Waals surface area (Å²) in [5, 5.41) is 11.2. The topological polar surface area (TPSA) is 91.7 Å². The number of hydrogen-bond acceptors (Lipinski definition) is 5. The monoisotopic (exact) mass is 341 g/mol. The van der Waals surface area contributed by atoms with Gasteiger partial charge >= 0.3 is 6.09 Å². The second kappa shape index (κ2) is 6.20. The van der Waals surface area contributed by atoms with Crippen LogP contribution in [0.4, 0.5) is 9.18 Å². The Morgan fingerprint density at radius 1 is 1.42 bits per heavy atom. The minimum atomic E-state index is -2.26. The number of rotatable bonds is 3. The van der Waals surface area contributed by atoms with Crippen LogP contribution in [0.3, 0.4) is 0 Å². The predicted octanol–water partition coefficient (Wildman–Crippen LogP) is 1.38. The molecule has 0 aliphatic carbocycles. The Balaban J connectivity index is 2.15. The molecule has 0 aromatic heterocycles. The van der Waals surface area contributed by atoms with E-state index in [1.807, 2.05) is 6.07 Å². The van der Waals surface area contributed by atoms with Crippen LogP contribution in [0.1, 0.15) is 34.1 Å². The number of amides is 2. The number of hydrogen-bond donors (Lipinski definition) is 1. The van der Waals surface area contributed by atoms with Gasteiger partial charge in [-0.05, 0) is 27.7 Å². The van der Waals surface area contributed by atoms with Crippen LogP contribution >= 0.6 is 0 Å². The molecule has 134 valence electrons. The minimum Gasteiger partial charge on any atom is -0.444 e. The van der Waals surface area contributed by atoms with Gasteiger partial charge in [-0.3, -0.25) is 4.79 Å². The third-order valence-electron chi connectivity index (χ3n) is 4.29. The Hall–Kier alpha value is -1.88. The van der Waals surface area contributed by atoms with E-state index >= 15 is 4.39 Å². The van der Waals surface area contributed by atoms with Gasteiger partial charge in [0, 0.05) is 12.6 Å². The van der Waals surface area contributed by atoms with Crippen LogP contribution in [0, 0.1) is 16.7 Å². The molecule has 2 saturated heterocycles. The lowest BCUT2D eigenvalue weighted by Gasteiger charge is -2.44. The Morgan fingerprint density at radius 2 is 2.04 bits per heavy atom. The van der Waals surface area contributed by atoms with Crippen LogP contribution in [-0.4, -0.2) is 60.5 Å². The summed E-state index contributed by atoms with van der Waals surface area (Å²) in [6.45, 7) is 6.64. The number of likely N-dealkylation sites (tertiary alicyclic amines) is 1. The van der Waals surface area contributed by atoms with Crippen molar-refractivity contribution in [2.45, 2.75) is 51.4 Å². The fraction of sp³-hybridized carbons (Fsp3) is 0.812. The fourth-order valence-electron chi connectivity index (χ4n) is 2.94. The maximum Gasteiger partial charge on any atom is 0.410 e. The molecular weight excluding hydrogens is 317 g/mol. The van der Waals surface area contributed by atoms with E-state index in [1.165, 1.54) is 4.90 Å². The highest BCUT2D eigenvalue weighted by atomic mass is 19.1. The van der Waals surface area contributed by atoms with Crippen molar-refractivity contribution in [1.29, 1.82) is 5.26 Å². The highest BCUT2D eigenvalue weighted by Gasteiger charge is 2.68. The zero-order valence-electron chi connectivity index (χ0n) is 14.5. The maximum atomic E-state index is 15.6. The van der Waals surface area contributed by atoms with Gasteiger partial charge in [-0.15, -0.1) is 0 Å². The van der Waals surface area contributed by atoms with Gasteiger partial charge in [-0.25, -0.2) is 9.18 Å². The van der Waals surface area contributed by atoms with Gasteiger partial charge in [0.25, 0.3) is 5.91 Å². The largest absolute Gasteiger partial charge is 0.444 e. The van der Waals surface area contributed by atoms with Crippen molar-refractivity contribution >= 4 is 12.0 Å². The fourth-order valence-corrected chi connectivity index (χ4v) is 2.94. The van der Waals surface area contributed by atoms with Crippen molar-refractivity contribution < 1.29 is 23.5 Å². The van der Waals surface area contributed by atoms with Crippen LogP contribution in [0.15, 0.2) is 0 Å². The third kappa shape index (κ3) is 3.31. The minimum absolute atomic E-state index is 0.0679. The summed E-state index contributed by atoms with van der Waals surface area (Å²) >= 11 is 0. The van der Waals surface area contributed by atoms with Gasteiger partial charge in [0.15, 0.2) is 0 Å². The van der Waals surface area contributed by atoms with Crippen molar-refractivity contribution in [1.82, 2.24) is 10.2 Å². The standard InChI is InChI=1S/C16H24FN3O4/c1-11(5-6-18)19-12(21)16(17)8-20(7-15(16)9-23-10-15)13(22)24-14(2,3)4/h11H,5,7-10H2,1-4H3,(H,19,21)/t11-,16+/m0/s1. The SMILES string of the molecule is C[C@@H](CC#N)NC(=O)[C@]1(F)CN(C(=O)OC(C)(C)C)CC12COC2. The second-order valence-corrected chi connectivity index (χ2v) is 7.65. The molecular formula is C16H24FN3O4. The Morgan fingerprint density at radius 3 is 2.50 bits per heavy atom. The van der Waals surface area contributed by atoms with Crippen LogP contribution in [-0.2, 0) is 14.3 Å². The van der Waals surface area contributed by atoms with E-state index < -0.39 is 34.7 Å². The lowest BCUT2D eigenvalue weighted by molar-refractivity contribution is -0.180. The van der Waals surface area contributed by atoms with Crippen molar-refractivity contribution in [3.63, 3.8) is 0 Å². The van der Waals surface area contributed by atoms with Crippen LogP contribution < -0.4 is 5.32 Å². The summed E-state index contributed by atoms with van der Waals surface area (Å²) in [6, 6.07) is 1.46. The molecule has 1 N–H and O–H groups in total. The number of carbonyl (C=O) groups is 2. The molecule has 2 aliphatic rings. The van der Waals surface area contributed by atoms with E-state index in [-0.39, 0.29) is 32.7 Å². The molecule has 2 fully saturated rings. The van der Waals surface area contributed by atoms with Gasteiger partial charge in [0.05, 0.1) is 37.7 Å². The molecule has 2 amide bonds. The lowest BCUT2D eigenvalue weighted by Crippen LogP contribution is -2.64. The van der Waals surface area contributed by atoms with E-state index in [0.29, 0.717) is 0 Å². The van der Waals surface area contributed by atoms with Crippen molar-refractivity contribution in [2.75, 3.05) is 26.3 Å². The number of halogens is 1. The Labute approximate surface area is 141 Å². The van der Waals surface area contributed by atoms with E-state index in [4.69, 9.17) is 14.7 Å². The van der Waals surface area contributed by atoms with E-state index in [0.717, 1.165) is 0 Å². The number of alkyl halides is 1. The van der Waals surface area contributed by atoms with Gasteiger partial charge in [-0.1, -0.05) is 0 Å². The molecule has 0 unspecified atom stereocenters. The van der Waals surface area contributed by atoms with Gasteiger partial charge in [0.2, 0.25) is 5.67 Å². The van der Waals surface area contributed by atoms with Gasteiger partial charge in [-0.2, -0.15) is 5.26 Å². The predicted molar refractivity (Wildman–Crippen MR) is 82.7 cm³/mol. The van der Waals surface area contributed by atoms with Crippen molar-refractivity contribution in [2.24, 2.45) is 5.41 Å². The van der Waals surface area contributed by atoms with E-state index in [2.05, 4.69) is 5.32 Å². The molecule has 0 radical (unpaired) electrons. The van der Waals surface area contributed by atoms with Crippen molar-refractivity contribution in [3.8, 4) is 6.07 Å². The van der Waals surface area contributed by atoms with E-state index in [9.17, 15) is 9.59 Å². The highest BCUT2D eigenvalue weighted by Crippen LogP contribution is 2.48. The molecule has 2 heterocycles. The molecule has 0 bridgehead atoms. The summed E-state index contributed by atoms with van der Waals surface area (Å²) in [4.78, 5) is 26.0. The van der Waals surface area contributed by atoms with Crippen LogP contribution in [0.25, 0.3) is 0 Å². The summed E-state index contributed by atoms with van der Waals surface area (Å²) < 4.78 is 26.0. The Bertz CT molecular complexity index is 565. The summed E-state index contributed by atoms with van der Waals surface area (Å²) in [5.74, 6) is -0.806. The summed E-state index contributed by atoms with van der Waals surface area (Å²) in [5.41, 5.74) is -4.02. The molecule has 1 spiro atoms. The summed E-state index contributed by atoms with van der Waals surface area (Å²) in [6.07, 6.45) is -0.563. The first-order chi connectivity index (χ1) is 11.0. The Kier molecular flexibility index (Phi) is 4.77. The van der Waals surface area contributed by atoms with Crippen molar-refractivity contribution in [3.05, 3.63) is 0 Å². The molecule has 0 aromatic carbocycles. The molecule has 0 saturated carbocycles. The first kappa shape index (κ1) is 18.5. The smallest absolute Gasteiger partial charge is 0.410 e.